The van der Waals surface area contributed by atoms with Gasteiger partial charge in [0.25, 0.3) is 0 Å². The van der Waals surface area contributed by atoms with Gasteiger partial charge in [-0.3, -0.25) is 4.79 Å². The summed E-state index contributed by atoms with van der Waals surface area (Å²) in [4.78, 5) is 14.5. The molecule has 1 amide bonds. The average molecular weight is 179 g/mol. The van der Waals surface area contributed by atoms with Crippen molar-refractivity contribution in [2.24, 2.45) is 7.05 Å². The summed E-state index contributed by atoms with van der Waals surface area (Å²) in [5, 5.41) is 2.67. The van der Waals surface area contributed by atoms with Gasteiger partial charge in [0.1, 0.15) is 0 Å². The number of rotatable bonds is 3. The SMILES string of the molecule is CC(=O)NCC=Cc1cncn1C. The third-order valence-corrected chi connectivity index (χ3v) is 1.61. The predicted octanol–water partition coefficient (Wildman–Crippen LogP) is 0.569. The molecule has 4 nitrogen and oxygen atoms in total. The Hall–Kier alpha value is -1.58. The maximum Gasteiger partial charge on any atom is 0.217 e. The van der Waals surface area contributed by atoms with E-state index < -0.39 is 0 Å². The molecule has 1 aromatic rings. The molecule has 0 saturated heterocycles. The third kappa shape index (κ3) is 3.11. The van der Waals surface area contributed by atoms with Gasteiger partial charge < -0.3 is 9.88 Å². The zero-order valence-electron chi connectivity index (χ0n) is 7.82. The number of hydrogen-bond donors (Lipinski definition) is 1. The molecule has 0 fully saturated rings. The zero-order chi connectivity index (χ0) is 9.68. The number of nitrogens with one attached hydrogen (secondary N) is 1. The number of imidazole rings is 1. The molecule has 0 aliphatic carbocycles. The van der Waals surface area contributed by atoms with Gasteiger partial charge in [0.15, 0.2) is 0 Å². The van der Waals surface area contributed by atoms with Gasteiger partial charge in [-0.2, -0.15) is 0 Å². The summed E-state index contributed by atoms with van der Waals surface area (Å²) >= 11 is 0. The molecule has 0 spiro atoms. The van der Waals surface area contributed by atoms with Crippen molar-refractivity contribution >= 4 is 12.0 Å². The van der Waals surface area contributed by atoms with E-state index in [1.807, 2.05) is 23.8 Å². The van der Waals surface area contributed by atoms with Crippen LogP contribution in [0.5, 0.6) is 0 Å². The first kappa shape index (κ1) is 9.51. The van der Waals surface area contributed by atoms with Crippen LogP contribution in [0.25, 0.3) is 6.08 Å². The molecule has 1 rings (SSSR count). The highest BCUT2D eigenvalue weighted by Crippen LogP contribution is 1.97. The van der Waals surface area contributed by atoms with Crippen molar-refractivity contribution in [3.05, 3.63) is 24.3 Å². The van der Waals surface area contributed by atoms with Gasteiger partial charge in [0.2, 0.25) is 5.91 Å². The molecule has 4 heteroatoms. The van der Waals surface area contributed by atoms with E-state index in [-0.39, 0.29) is 5.91 Å². The van der Waals surface area contributed by atoms with E-state index in [4.69, 9.17) is 0 Å². The van der Waals surface area contributed by atoms with Crippen molar-refractivity contribution in [1.29, 1.82) is 0 Å². The Morgan fingerprint density at radius 1 is 1.77 bits per heavy atom. The molecule has 0 aliphatic rings. The van der Waals surface area contributed by atoms with Crippen molar-refractivity contribution in [1.82, 2.24) is 14.9 Å². The number of aromatic nitrogens is 2. The second kappa shape index (κ2) is 4.45. The predicted molar refractivity (Wildman–Crippen MR) is 50.9 cm³/mol. The topological polar surface area (TPSA) is 46.9 Å². The molecule has 1 N–H and O–H groups in total. The number of carbonyl (C=O) groups is 1. The summed E-state index contributed by atoms with van der Waals surface area (Å²) in [5.41, 5.74) is 1.02. The highest BCUT2D eigenvalue weighted by Gasteiger charge is 1.90. The quantitative estimate of drug-likeness (QED) is 0.737. The van der Waals surface area contributed by atoms with Crippen LogP contribution in [0.1, 0.15) is 12.6 Å². The zero-order valence-corrected chi connectivity index (χ0v) is 7.82. The van der Waals surface area contributed by atoms with Crippen molar-refractivity contribution in [2.45, 2.75) is 6.92 Å². The van der Waals surface area contributed by atoms with E-state index >= 15 is 0 Å². The third-order valence-electron chi connectivity index (χ3n) is 1.61. The molecule has 0 unspecified atom stereocenters. The van der Waals surface area contributed by atoms with Crippen molar-refractivity contribution in [2.75, 3.05) is 6.54 Å². The van der Waals surface area contributed by atoms with Crippen LogP contribution in [-0.2, 0) is 11.8 Å². The van der Waals surface area contributed by atoms with Crippen LogP contribution in [0.4, 0.5) is 0 Å². The van der Waals surface area contributed by atoms with Crippen LogP contribution in [0.15, 0.2) is 18.6 Å². The van der Waals surface area contributed by atoms with Crippen LogP contribution in [-0.4, -0.2) is 22.0 Å². The number of amides is 1. The van der Waals surface area contributed by atoms with Crippen molar-refractivity contribution in [3.8, 4) is 0 Å². The maximum absolute atomic E-state index is 10.5. The molecular formula is C9H13N3O. The lowest BCUT2D eigenvalue weighted by atomic mass is 10.4. The Morgan fingerprint density at radius 3 is 3.08 bits per heavy atom. The molecule has 0 bridgehead atoms. The lowest BCUT2D eigenvalue weighted by Gasteiger charge is -1.95. The molecular weight excluding hydrogens is 166 g/mol. The van der Waals surface area contributed by atoms with E-state index in [0.29, 0.717) is 6.54 Å². The molecule has 0 atom stereocenters. The lowest BCUT2D eigenvalue weighted by molar-refractivity contribution is -0.118. The Morgan fingerprint density at radius 2 is 2.54 bits per heavy atom. The van der Waals surface area contributed by atoms with E-state index in [0.717, 1.165) is 5.69 Å². The number of nitrogens with zero attached hydrogens (tertiary/aromatic N) is 2. The van der Waals surface area contributed by atoms with Crippen LogP contribution < -0.4 is 5.32 Å². The summed E-state index contributed by atoms with van der Waals surface area (Å²) in [7, 11) is 1.92. The van der Waals surface area contributed by atoms with Gasteiger partial charge in [-0.15, -0.1) is 0 Å². The molecule has 0 saturated carbocycles. The van der Waals surface area contributed by atoms with E-state index in [1.54, 1.807) is 12.5 Å². The van der Waals surface area contributed by atoms with Crippen molar-refractivity contribution < 1.29 is 4.79 Å². The second-order valence-corrected chi connectivity index (χ2v) is 2.77. The summed E-state index contributed by atoms with van der Waals surface area (Å²) in [6, 6.07) is 0. The summed E-state index contributed by atoms with van der Waals surface area (Å²) in [6.07, 6.45) is 7.31. The van der Waals surface area contributed by atoms with E-state index in [1.165, 1.54) is 6.92 Å². The molecule has 1 aromatic heterocycles. The van der Waals surface area contributed by atoms with Crippen molar-refractivity contribution in [3.63, 3.8) is 0 Å². The Labute approximate surface area is 77.3 Å². The van der Waals surface area contributed by atoms with Crippen LogP contribution in [0.3, 0.4) is 0 Å². The first-order valence-corrected chi connectivity index (χ1v) is 4.07. The fourth-order valence-corrected chi connectivity index (χ4v) is 0.910. The molecule has 0 aromatic carbocycles. The summed E-state index contributed by atoms with van der Waals surface area (Å²) in [6.45, 7) is 2.05. The van der Waals surface area contributed by atoms with Crippen LogP contribution in [0, 0.1) is 0 Å². The minimum absolute atomic E-state index is 0.0188. The molecule has 1 heterocycles. The fraction of sp³-hybridized carbons (Fsp3) is 0.333. The van der Waals surface area contributed by atoms with Gasteiger partial charge in [0, 0.05) is 20.5 Å². The normalized spacial score (nSPS) is 10.6. The number of hydrogen-bond acceptors (Lipinski definition) is 2. The van der Waals surface area contributed by atoms with Gasteiger partial charge >= 0.3 is 0 Å². The maximum atomic E-state index is 10.5. The lowest BCUT2D eigenvalue weighted by Crippen LogP contribution is -2.19. The van der Waals surface area contributed by atoms with Gasteiger partial charge in [-0.25, -0.2) is 4.98 Å². The van der Waals surface area contributed by atoms with E-state index in [2.05, 4.69) is 10.3 Å². The first-order chi connectivity index (χ1) is 6.20. The monoisotopic (exact) mass is 179 g/mol. The molecule has 0 radical (unpaired) electrons. The highest BCUT2D eigenvalue weighted by atomic mass is 16.1. The average Bonchev–Trinajstić information content (AvgIpc) is 2.45. The smallest absolute Gasteiger partial charge is 0.217 e. The second-order valence-electron chi connectivity index (χ2n) is 2.77. The fourth-order valence-electron chi connectivity index (χ4n) is 0.910. The number of carbonyl (C=O) groups excluding carboxylic acids is 1. The minimum atomic E-state index is -0.0188. The van der Waals surface area contributed by atoms with E-state index in [9.17, 15) is 4.79 Å². The van der Waals surface area contributed by atoms with Crippen LogP contribution >= 0.6 is 0 Å². The van der Waals surface area contributed by atoms with Gasteiger partial charge in [0.05, 0.1) is 18.2 Å². The molecule has 70 valence electrons. The van der Waals surface area contributed by atoms with Gasteiger partial charge in [-0.05, 0) is 6.08 Å². The number of aryl methyl sites for hydroxylation is 1. The molecule has 13 heavy (non-hydrogen) atoms. The molecule has 0 aliphatic heterocycles. The standard InChI is InChI=1S/C9H13N3O/c1-8(13)11-5-3-4-9-6-10-7-12(9)2/h3-4,6-7H,5H2,1-2H3,(H,11,13). The Bertz CT molecular complexity index is 314. The van der Waals surface area contributed by atoms with Crippen LogP contribution in [0.2, 0.25) is 0 Å². The Balaban J connectivity index is 2.41. The van der Waals surface area contributed by atoms with Gasteiger partial charge in [-0.1, -0.05) is 6.08 Å². The largest absolute Gasteiger partial charge is 0.353 e. The first-order valence-electron chi connectivity index (χ1n) is 4.07. The Kier molecular flexibility index (Phi) is 3.25. The summed E-state index contributed by atoms with van der Waals surface area (Å²) in [5.74, 6) is -0.0188. The highest BCUT2D eigenvalue weighted by molar-refractivity contribution is 5.73. The summed E-state index contributed by atoms with van der Waals surface area (Å²) < 4.78 is 1.91. The minimum Gasteiger partial charge on any atom is -0.353 e.